The molecule has 4 nitrogen and oxygen atoms in total. The van der Waals surface area contributed by atoms with E-state index in [9.17, 15) is 0 Å². The maximum atomic E-state index is 6.29. The van der Waals surface area contributed by atoms with Gasteiger partial charge in [-0.3, -0.25) is 4.90 Å². The average Bonchev–Trinajstić information content (AvgIpc) is 2.48. The van der Waals surface area contributed by atoms with E-state index in [2.05, 4.69) is 30.9 Å². The van der Waals surface area contributed by atoms with Crippen LogP contribution in [0.15, 0.2) is 24.3 Å². The van der Waals surface area contributed by atoms with Crippen molar-refractivity contribution in [3.05, 3.63) is 29.8 Å². The molecule has 1 saturated heterocycles. The molecule has 2 N–H and O–H groups in total. The van der Waals surface area contributed by atoms with Crippen LogP contribution in [0.2, 0.25) is 0 Å². The number of hydrogen-bond donors (Lipinski definition) is 1. The van der Waals surface area contributed by atoms with Gasteiger partial charge in [0.2, 0.25) is 0 Å². The largest absolute Gasteiger partial charge is 0.497 e. The van der Waals surface area contributed by atoms with Crippen molar-refractivity contribution in [1.29, 1.82) is 0 Å². The SMILES string of the molecule is CCOC1CCCN(C(c2cccc(OC)c2)C(C)N)C1. The predicted octanol–water partition coefficient (Wildman–Crippen LogP) is 2.58. The Morgan fingerprint density at radius 1 is 1.43 bits per heavy atom. The van der Waals surface area contributed by atoms with E-state index in [4.69, 9.17) is 15.2 Å². The summed E-state index contributed by atoms with van der Waals surface area (Å²) in [6.45, 7) is 6.95. The van der Waals surface area contributed by atoms with E-state index in [1.54, 1.807) is 7.11 Å². The van der Waals surface area contributed by atoms with Crippen LogP contribution in [0, 0.1) is 0 Å². The molecular formula is C17H28N2O2. The van der Waals surface area contributed by atoms with E-state index in [1.165, 1.54) is 5.56 Å². The molecule has 0 amide bonds. The van der Waals surface area contributed by atoms with Gasteiger partial charge in [0.15, 0.2) is 0 Å². The Morgan fingerprint density at radius 2 is 2.24 bits per heavy atom. The summed E-state index contributed by atoms with van der Waals surface area (Å²) in [6, 6.07) is 8.52. The number of rotatable bonds is 6. The molecule has 0 saturated carbocycles. The number of nitrogens with zero attached hydrogens (tertiary/aromatic N) is 1. The van der Waals surface area contributed by atoms with Crippen molar-refractivity contribution in [3.63, 3.8) is 0 Å². The van der Waals surface area contributed by atoms with E-state index in [-0.39, 0.29) is 12.1 Å². The summed E-state index contributed by atoms with van der Waals surface area (Å²) in [5.41, 5.74) is 7.51. The lowest BCUT2D eigenvalue weighted by atomic mass is 9.95. The second-order valence-electron chi connectivity index (χ2n) is 5.80. The number of benzene rings is 1. The van der Waals surface area contributed by atoms with Gasteiger partial charge in [0.25, 0.3) is 0 Å². The van der Waals surface area contributed by atoms with Crippen molar-refractivity contribution in [2.24, 2.45) is 5.73 Å². The molecule has 1 aromatic rings. The van der Waals surface area contributed by atoms with Gasteiger partial charge in [0, 0.05) is 25.2 Å². The minimum Gasteiger partial charge on any atom is -0.497 e. The molecule has 1 aliphatic rings. The number of piperidine rings is 1. The normalized spacial score (nSPS) is 22.8. The Hall–Kier alpha value is -1.10. The Bertz CT molecular complexity index is 435. The number of nitrogens with two attached hydrogens (primary N) is 1. The molecule has 1 aromatic carbocycles. The van der Waals surface area contributed by atoms with Crippen molar-refractivity contribution >= 4 is 0 Å². The molecule has 0 spiro atoms. The van der Waals surface area contributed by atoms with Crippen LogP contribution >= 0.6 is 0 Å². The van der Waals surface area contributed by atoms with E-state index in [0.29, 0.717) is 6.10 Å². The molecular weight excluding hydrogens is 264 g/mol. The van der Waals surface area contributed by atoms with Crippen LogP contribution in [0.5, 0.6) is 5.75 Å². The van der Waals surface area contributed by atoms with Crippen LogP contribution < -0.4 is 10.5 Å². The number of ether oxygens (including phenoxy) is 2. The fourth-order valence-corrected chi connectivity index (χ4v) is 3.26. The van der Waals surface area contributed by atoms with E-state index in [0.717, 1.165) is 38.3 Å². The number of likely N-dealkylation sites (tertiary alicyclic amines) is 1. The van der Waals surface area contributed by atoms with Crippen LogP contribution in [-0.2, 0) is 4.74 Å². The first-order valence-electron chi connectivity index (χ1n) is 7.91. The third kappa shape index (κ3) is 4.19. The summed E-state index contributed by atoms with van der Waals surface area (Å²) in [5.74, 6) is 0.886. The third-order valence-corrected chi connectivity index (χ3v) is 4.14. The van der Waals surface area contributed by atoms with Gasteiger partial charge in [0.05, 0.1) is 13.2 Å². The lowest BCUT2D eigenvalue weighted by Crippen LogP contribution is -2.46. The van der Waals surface area contributed by atoms with E-state index >= 15 is 0 Å². The fourth-order valence-electron chi connectivity index (χ4n) is 3.26. The minimum absolute atomic E-state index is 0.0671. The van der Waals surface area contributed by atoms with Crippen LogP contribution in [0.3, 0.4) is 0 Å². The van der Waals surface area contributed by atoms with Gasteiger partial charge < -0.3 is 15.2 Å². The Balaban J connectivity index is 2.17. The molecule has 3 atom stereocenters. The zero-order valence-corrected chi connectivity index (χ0v) is 13.4. The molecule has 4 heteroatoms. The summed E-state index contributed by atoms with van der Waals surface area (Å²) >= 11 is 0. The van der Waals surface area contributed by atoms with Crippen molar-refractivity contribution in [1.82, 2.24) is 4.90 Å². The van der Waals surface area contributed by atoms with Crippen LogP contribution in [0.1, 0.15) is 38.3 Å². The zero-order valence-electron chi connectivity index (χ0n) is 13.4. The molecule has 0 aromatic heterocycles. The Kier molecular flexibility index (Phi) is 6.03. The lowest BCUT2D eigenvalue weighted by molar-refractivity contribution is -0.0106. The van der Waals surface area contributed by atoms with Gasteiger partial charge in [-0.25, -0.2) is 0 Å². The summed E-state index contributed by atoms with van der Waals surface area (Å²) in [7, 11) is 1.70. The van der Waals surface area contributed by atoms with Crippen molar-refractivity contribution < 1.29 is 9.47 Å². The van der Waals surface area contributed by atoms with Crippen LogP contribution in [0.4, 0.5) is 0 Å². The summed E-state index contributed by atoms with van der Waals surface area (Å²) in [4.78, 5) is 2.46. The first-order valence-corrected chi connectivity index (χ1v) is 7.91. The molecule has 0 aliphatic carbocycles. The van der Waals surface area contributed by atoms with Crippen molar-refractivity contribution in [3.8, 4) is 5.75 Å². The molecule has 1 aliphatic heterocycles. The van der Waals surface area contributed by atoms with Crippen molar-refractivity contribution in [2.75, 3.05) is 26.8 Å². The maximum Gasteiger partial charge on any atom is 0.119 e. The first-order chi connectivity index (χ1) is 10.2. The van der Waals surface area contributed by atoms with Gasteiger partial charge in [-0.15, -0.1) is 0 Å². The quantitative estimate of drug-likeness (QED) is 0.875. The maximum absolute atomic E-state index is 6.29. The van der Waals surface area contributed by atoms with Gasteiger partial charge in [-0.1, -0.05) is 12.1 Å². The monoisotopic (exact) mass is 292 g/mol. The second-order valence-corrected chi connectivity index (χ2v) is 5.80. The Morgan fingerprint density at radius 3 is 2.90 bits per heavy atom. The fraction of sp³-hybridized carbons (Fsp3) is 0.647. The topological polar surface area (TPSA) is 47.7 Å². The van der Waals surface area contributed by atoms with Gasteiger partial charge >= 0.3 is 0 Å². The molecule has 1 heterocycles. The standard InChI is InChI=1S/C17H28N2O2/c1-4-21-16-9-6-10-19(12-16)17(13(2)18)14-7-5-8-15(11-14)20-3/h5,7-8,11,13,16-17H,4,6,9-10,12,18H2,1-3H3. The summed E-state index contributed by atoms with van der Waals surface area (Å²) < 4.78 is 11.2. The van der Waals surface area contributed by atoms with Gasteiger partial charge in [-0.2, -0.15) is 0 Å². The van der Waals surface area contributed by atoms with E-state index < -0.39 is 0 Å². The Labute approximate surface area is 128 Å². The molecule has 0 radical (unpaired) electrons. The zero-order chi connectivity index (χ0) is 15.2. The molecule has 0 bridgehead atoms. The molecule has 3 unspecified atom stereocenters. The molecule has 2 rings (SSSR count). The lowest BCUT2D eigenvalue weighted by Gasteiger charge is -2.40. The smallest absolute Gasteiger partial charge is 0.119 e. The number of hydrogen-bond acceptors (Lipinski definition) is 4. The van der Waals surface area contributed by atoms with Crippen LogP contribution in [-0.4, -0.2) is 43.9 Å². The summed E-state index contributed by atoms with van der Waals surface area (Å²) in [6.07, 6.45) is 2.64. The third-order valence-electron chi connectivity index (χ3n) is 4.14. The molecule has 21 heavy (non-hydrogen) atoms. The van der Waals surface area contributed by atoms with Crippen LogP contribution in [0.25, 0.3) is 0 Å². The predicted molar refractivity (Wildman–Crippen MR) is 85.6 cm³/mol. The van der Waals surface area contributed by atoms with Crippen molar-refractivity contribution in [2.45, 2.75) is 44.9 Å². The van der Waals surface area contributed by atoms with Gasteiger partial charge in [-0.05, 0) is 50.9 Å². The highest BCUT2D eigenvalue weighted by Crippen LogP contribution is 2.29. The van der Waals surface area contributed by atoms with Gasteiger partial charge in [0.1, 0.15) is 5.75 Å². The van der Waals surface area contributed by atoms with E-state index in [1.807, 2.05) is 12.1 Å². The highest BCUT2D eigenvalue weighted by Gasteiger charge is 2.29. The highest BCUT2D eigenvalue weighted by molar-refractivity contribution is 5.31. The highest BCUT2D eigenvalue weighted by atomic mass is 16.5. The minimum atomic E-state index is 0.0671. The number of methoxy groups -OCH3 is 1. The molecule has 118 valence electrons. The molecule has 1 fully saturated rings. The average molecular weight is 292 g/mol. The second kappa shape index (κ2) is 7.78. The first kappa shape index (κ1) is 16.3. The summed E-state index contributed by atoms with van der Waals surface area (Å²) in [5, 5.41) is 0.